The van der Waals surface area contributed by atoms with E-state index in [1.54, 1.807) is 31.3 Å². The van der Waals surface area contributed by atoms with Gasteiger partial charge in [-0.1, -0.05) is 0 Å². The lowest BCUT2D eigenvalue weighted by Gasteiger charge is -2.28. The quantitative estimate of drug-likeness (QED) is 0.486. The van der Waals surface area contributed by atoms with E-state index in [0.29, 0.717) is 22.5 Å². The SMILES string of the molecule is CN1C=C(C#N)C=C(O)C1C(=O)Nc1ccc(N)c(C(=N)c2ccoc2)c1. The number of nitrogen functional groups attached to an aromatic ring is 1. The molecule has 0 saturated heterocycles. The van der Waals surface area contributed by atoms with E-state index in [1.165, 1.54) is 29.7 Å². The van der Waals surface area contributed by atoms with Crippen LogP contribution in [0.15, 0.2) is 64.8 Å². The lowest BCUT2D eigenvalue weighted by Crippen LogP contribution is -2.42. The molecule has 136 valence electrons. The molecule has 1 aromatic heterocycles. The van der Waals surface area contributed by atoms with Crippen LogP contribution in [-0.4, -0.2) is 34.7 Å². The van der Waals surface area contributed by atoms with E-state index in [9.17, 15) is 9.90 Å². The van der Waals surface area contributed by atoms with Gasteiger partial charge in [-0.15, -0.1) is 0 Å². The van der Waals surface area contributed by atoms with Crippen molar-refractivity contribution in [3.63, 3.8) is 0 Å². The summed E-state index contributed by atoms with van der Waals surface area (Å²) in [6.07, 6.45) is 5.63. The van der Waals surface area contributed by atoms with E-state index in [0.717, 1.165) is 0 Å². The van der Waals surface area contributed by atoms with Crippen LogP contribution in [0.5, 0.6) is 0 Å². The van der Waals surface area contributed by atoms with Gasteiger partial charge in [-0.3, -0.25) is 10.2 Å². The molecule has 0 radical (unpaired) electrons. The number of carbonyl (C=O) groups is 1. The molecule has 1 amide bonds. The molecule has 0 aliphatic carbocycles. The van der Waals surface area contributed by atoms with E-state index in [1.807, 2.05) is 6.07 Å². The Kier molecular flexibility index (Phi) is 4.68. The van der Waals surface area contributed by atoms with Crippen molar-refractivity contribution in [2.75, 3.05) is 18.1 Å². The van der Waals surface area contributed by atoms with Crippen LogP contribution >= 0.6 is 0 Å². The number of amides is 1. The molecular formula is C19H17N5O3. The second kappa shape index (κ2) is 7.09. The highest BCUT2D eigenvalue weighted by Gasteiger charge is 2.29. The van der Waals surface area contributed by atoms with Crippen LogP contribution in [0.2, 0.25) is 0 Å². The average molecular weight is 363 g/mol. The van der Waals surface area contributed by atoms with Crippen molar-refractivity contribution in [3.8, 4) is 6.07 Å². The molecule has 1 aliphatic heterocycles. The smallest absolute Gasteiger partial charge is 0.254 e. The summed E-state index contributed by atoms with van der Waals surface area (Å²) in [6, 6.07) is 7.39. The molecule has 3 rings (SSSR count). The van der Waals surface area contributed by atoms with Crippen molar-refractivity contribution in [3.05, 3.63) is 71.5 Å². The molecule has 0 spiro atoms. The zero-order valence-corrected chi connectivity index (χ0v) is 14.4. The first kappa shape index (κ1) is 17.8. The summed E-state index contributed by atoms with van der Waals surface area (Å²) < 4.78 is 4.99. The van der Waals surface area contributed by atoms with Gasteiger partial charge in [0.15, 0.2) is 6.04 Å². The lowest BCUT2D eigenvalue weighted by atomic mass is 10.0. The summed E-state index contributed by atoms with van der Waals surface area (Å²) in [5.74, 6) is -0.707. The van der Waals surface area contributed by atoms with Crippen molar-refractivity contribution >= 4 is 23.0 Å². The van der Waals surface area contributed by atoms with Gasteiger partial charge >= 0.3 is 0 Å². The molecule has 1 atom stereocenters. The van der Waals surface area contributed by atoms with Crippen LogP contribution in [0.4, 0.5) is 11.4 Å². The first-order valence-corrected chi connectivity index (χ1v) is 7.97. The van der Waals surface area contributed by atoms with Crippen molar-refractivity contribution < 1.29 is 14.3 Å². The summed E-state index contributed by atoms with van der Waals surface area (Å²) in [5, 5.41) is 30.0. The van der Waals surface area contributed by atoms with Gasteiger partial charge in [0, 0.05) is 35.7 Å². The fraction of sp³-hybridized carbons (Fsp3) is 0.105. The van der Waals surface area contributed by atoms with Crippen LogP contribution in [0.1, 0.15) is 11.1 Å². The lowest BCUT2D eigenvalue weighted by molar-refractivity contribution is -0.119. The van der Waals surface area contributed by atoms with Crippen LogP contribution in [0.3, 0.4) is 0 Å². The number of anilines is 2. The maximum absolute atomic E-state index is 12.6. The number of hydrogen-bond donors (Lipinski definition) is 4. The van der Waals surface area contributed by atoms with Gasteiger partial charge in [-0.05, 0) is 30.3 Å². The zero-order chi connectivity index (χ0) is 19.6. The number of nitriles is 1. The summed E-state index contributed by atoms with van der Waals surface area (Å²) in [6.45, 7) is 0. The molecule has 8 heteroatoms. The second-order valence-electron chi connectivity index (χ2n) is 6.01. The van der Waals surface area contributed by atoms with Crippen molar-refractivity contribution in [1.82, 2.24) is 4.90 Å². The van der Waals surface area contributed by atoms with Gasteiger partial charge in [0.1, 0.15) is 11.8 Å². The Morgan fingerprint density at radius 1 is 1.44 bits per heavy atom. The first-order chi connectivity index (χ1) is 12.9. The van der Waals surface area contributed by atoms with E-state index in [4.69, 9.17) is 20.8 Å². The van der Waals surface area contributed by atoms with Crippen LogP contribution in [0.25, 0.3) is 0 Å². The van der Waals surface area contributed by atoms with E-state index in [-0.39, 0.29) is 17.0 Å². The number of nitrogens with one attached hydrogen (secondary N) is 2. The summed E-state index contributed by atoms with van der Waals surface area (Å²) in [4.78, 5) is 14.1. The number of benzene rings is 1. The number of carbonyl (C=O) groups excluding carboxylic acids is 1. The largest absolute Gasteiger partial charge is 0.509 e. The monoisotopic (exact) mass is 363 g/mol. The Bertz CT molecular complexity index is 999. The minimum Gasteiger partial charge on any atom is -0.509 e. The number of aliphatic hydroxyl groups excluding tert-OH is 1. The van der Waals surface area contributed by atoms with Crippen molar-refractivity contribution in [2.24, 2.45) is 0 Å². The van der Waals surface area contributed by atoms with Crippen LogP contribution in [-0.2, 0) is 4.79 Å². The Morgan fingerprint density at radius 2 is 2.22 bits per heavy atom. The summed E-state index contributed by atoms with van der Waals surface area (Å²) in [7, 11) is 1.59. The molecule has 1 aliphatic rings. The highest BCUT2D eigenvalue weighted by molar-refractivity contribution is 6.14. The summed E-state index contributed by atoms with van der Waals surface area (Å²) >= 11 is 0. The Hall–Kier alpha value is -3.99. The van der Waals surface area contributed by atoms with E-state index >= 15 is 0 Å². The number of aliphatic hydroxyl groups is 1. The summed E-state index contributed by atoms with van der Waals surface area (Å²) in [5.41, 5.74) is 8.20. The minimum absolute atomic E-state index is 0.163. The number of allylic oxidation sites excluding steroid dienone is 2. The highest BCUT2D eigenvalue weighted by atomic mass is 16.3. The molecule has 0 bridgehead atoms. The van der Waals surface area contributed by atoms with Gasteiger partial charge in [0.05, 0.1) is 23.8 Å². The molecule has 0 saturated carbocycles. The molecule has 8 nitrogen and oxygen atoms in total. The maximum Gasteiger partial charge on any atom is 0.254 e. The Balaban J connectivity index is 1.83. The Labute approximate surface area is 155 Å². The average Bonchev–Trinajstić information content (AvgIpc) is 3.16. The fourth-order valence-corrected chi connectivity index (χ4v) is 2.78. The maximum atomic E-state index is 12.6. The number of rotatable bonds is 4. The van der Waals surface area contributed by atoms with Crippen LogP contribution < -0.4 is 11.1 Å². The van der Waals surface area contributed by atoms with Gasteiger partial charge in [0.25, 0.3) is 5.91 Å². The van der Waals surface area contributed by atoms with Crippen LogP contribution in [0, 0.1) is 16.7 Å². The predicted octanol–water partition coefficient (Wildman–Crippen LogP) is 2.38. The van der Waals surface area contributed by atoms with Gasteiger partial charge in [-0.2, -0.15) is 5.26 Å². The number of nitrogens with zero attached hydrogens (tertiary/aromatic N) is 2. The zero-order valence-electron chi connectivity index (χ0n) is 14.4. The topological polar surface area (TPSA) is 139 Å². The molecular weight excluding hydrogens is 346 g/mol. The molecule has 0 fully saturated rings. The van der Waals surface area contributed by atoms with Gasteiger partial charge in [0.2, 0.25) is 0 Å². The third-order valence-corrected chi connectivity index (χ3v) is 4.11. The van der Waals surface area contributed by atoms with E-state index in [2.05, 4.69) is 5.32 Å². The fourth-order valence-electron chi connectivity index (χ4n) is 2.78. The number of hydrogen-bond acceptors (Lipinski definition) is 7. The molecule has 1 unspecified atom stereocenters. The van der Waals surface area contributed by atoms with Crippen molar-refractivity contribution in [2.45, 2.75) is 6.04 Å². The number of furan rings is 1. The minimum atomic E-state index is -0.962. The standard InChI is InChI=1S/C19H17N5O3/c1-24-9-11(8-20)6-16(25)18(24)19(26)23-13-2-3-15(21)14(7-13)17(22)12-4-5-27-10-12/h2-7,9-10,18,22,25H,21H2,1H3,(H,23,26). The van der Waals surface area contributed by atoms with Crippen molar-refractivity contribution in [1.29, 1.82) is 10.7 Å². The normalized spacial score (nSPS) is 16.1. The molecule has 27 heavy (non-hydrogen) atoms. The number of nitrogens with two attached hydrogens (primary N) is 1. The highest BCUT2D eigenvalue weighted by Crippen LogP contribution is 2.23. The molecule has 5 N–H and O–H groups in total. The molecule has 1 aromatic carbocycles. The third kappa shape index (κ3) is 3.52. The van der Waals surface area contributed by atoms with E-state index < -0.39 is 11.9 Å². The molecule has 2 aromatic rings. The van der Waals surface area contributed by atoms with Gasteiger partial charge < -0.3 is 25.5 Å². The second-order valence-corrected chi connectivity index (χ2v) is 6.01. The first-order valence-electron chi connectivity index (χ1n) is 7.97. The third-order valence-electron chi connectivity index (χ3n) is 4.11. The van der Waals surface area contributed by atoms with Gasteiger partial charge in [-0.25, -0.2) is 0 Å². The molecule has 2 heterocycles. The number of likely N-dealkylation sites (N-methyl/N-ethyl adjacent to an activating group) is 1. The predicted molar refractivity (Wildman–Crippen MR) is 100 cm³/mol. The Morgan fingerprint density at radius 3 is 2.85 bits per heavy atom.